The molecule has 1 heterocycles. The molecule has 2 aromatic carbocycles. The Morgan fingerprint density at radius 1 is 1.12 bits per heavy atom. The molecule has 1 atom stereocenters. The maximum atomic E-state index is 12.5. The summed E-state index contributed by atoms with van der Waals surface area (Å²) < 4.78 is 1.85. The monoisotopic (exact) mass is 368 g/mol. The molecule has 0 aliphatic heterocycles. The van der Waals surface area contributed by atoms with Crippen LogP contribution in [-0.2, 0) is 18.3 Å². The van der Waals surface area contributed by atoms with Crippen LogP contribution in [0.3, 0.4) is 0 Å². The minimum absolute atomic E-state index is 0.0102. The number of aryl methyl sites for hydroxylation is 1. The van der Waals surface area contributed by atoms with Crippen LogP contribution >= 0.6 is 11.6 Å². The molecule has 134 valence electrons. The summed E-state index contributed by atoms with van der Waals surface area (Å²) in [4.78, 5) is 12.5. The summed E-state index contributed by atoms with van der Waals surface area (Å²) in [5.41, 5.74) is 2.18. The van der Waals surface area contributed by atoms with Crippen molar-refractivity contribution in [2.75, 3.05) is 6.54 Å². The van der Waals surface area contributed by atoms with E-state index in [9.17, 15) is 4.79 Å². The Kier molecular flexibility index (Phi) is 6.02. The van der Waals surface area contributed by atoms with Crippen molar-refractivity contribution in [2.45, 2.75) is 18.8 Å². The highest BCUT2D eigenvalue weighted by atomic mass is 35.5. The van der Waals surface area contributed by atoms with Crippen LogP contribution in [0.5, 0.6) is 0 Å². The molecule has 26 heavy (non-hydrogen) atoms. The van der Waals surface area contributed by atoms with Crippen LogP contribution in [-0.4, -0.2) is 27.2 Å². The lowest BCUT2D eigenvalue weighted by atomic mass is 9.88. The average Bonchev–Trinajstić information content (AvgIpc) is 3.06. The van der Waals surface area contributed by atoms with Crippen molar-refractivity contribution in [3.63, 3.8) is 0 Å². The Bertz CT molecular complexity index is 846. The highest BCUT2D eigenvalue weighted by Crippen LogP contribution is 2.28. The molecule has 5 nitrogen and oxygen atoms in total. The average molecular weight is 369 g/mol. The molecule has 0 spiro atoms. The van der Waals surface area contributed by atoms with Gasteiger partial charge in [-0.3, -0.25) is 4.79 Å². The fourth-order valence-electron chi connectivity index (χ4n) is 2.91. The quantitative estimate of drug-likeness (QED) is 0.695. The second-order valence-electron chi connectivity index (χ2n) is 6.18. The van der Waals surface area contributed by atoms with E-state index in [1.165, 1.54) is 0 Å². The van der Waals surface area contributed by atoms with E-state index >= 15 is 0 Å². The van der Waals surface area contributed by atoms with E-state index in [4.69, 9.17) is 11.6 Å². The molecule has 1 aromatic heterocycles. The third kappa shape index (κ3) is 4.70. The zero-order chi connectivity index (χ0) is 18.4. The molecule has 0 aliphatic carbocycles. The van der Waals surface area contributed by atoms with Gasteiger partial charge in [0.05, 0.1) is 0 Å². The molecule has 1 N–H and O–H groups in total. The number of nitrogens with zero attached hydrogens (tertiary/aromatic N) is 3. The maximum absolute atomic E-state index is 12.5. The molecule has 0 unspecified atom stereocenters. The van der Waals surface area contributed by atoms with Gasteiger partial charge in [0.25, 0.3) is 0 Å². The molecule has 0 fully saturated rings. The number of hydrogen-bond donors (Lipinski definition) is 1. The number of rotatable bonds is 7. The lowest BCUT2D eigenvalue weighted by molar-refractivity contribution is -0.121. The Morgan fingerprint density at radius 3 is 2.46 bits per heavy atom. The standard InChI is InChI=1S/C20H21ClN4O/c1-25-14-23-24-19(25)11-12-22-20(26)13-18(15-5-3-2-4-6-15)16-7-9-17(21)10-8-16/h2-10,14,18H,11-13H2,1H3,(H,22,26)/t18-/m1/s1. The second-order valence-corrected chi connectivity index (χ2v) is 6.61. The number of carbonyl (C=O) groups excluding carboxylic acids is 1. The predicted molar refractivity (Wildman–Crippen MR) is 102 cm³/mol. The van der Waals surface area contributed by atoms with Gasteiger partial charge in [0.2, 0.25) is 5.91 Å². The topological polar surface area (TPSA) is 59.8 Å². The summed E-state index contributed by atoms with van der Waals surface area (Å²) in [6, 6.07) is 17.7. The summed E-state index contributed by atoms with van der Waals surface area (Å²) >= 11 is 6.01. The number of aromatic nitrogens is 3. The molecule has 0 bridgehead atoms. The van der Waals surface area contributed by atoms with Crippen LogP contribution < -0.4 is 5.32 Å². The zero-order valence-corrected chi connectivity index (χ0v) is 15.4. The van der Waals surface area contributed by atoms with E-state index in [2.05, 4.69) is 15.5 Å². The van der Waals surface area contributed by atoms with Crippen molar-refractivity contribution in [1.29, 1.82) is 0 Å². The molecule has 0 aliphatic rings. The van der Waals surface area contributed by atoms with Gasteiger partial charge in [0, 0.05) is 37.4 Å². The third-order valence-electron chi connectivity index (χ3n) is 4.34. The van der Waals surface area contributed by atoms with Gasteiger partial charge in [-0.1, -0.05) is 54.1 Å². The highest BCUT2D eigenvalue weighted by molar-refractivity contribution is 6.30. The van der Waals surface area contributed by atoms with Gasteiger partial charge < -0.3 is 9.88 Å². The van der Waals surface area contributed by atoms with Gasteiger partial charge in [0.1, 0.15) is 12.2 Å². The van der Waals surface area contributed by atoms with Crippen molar-refractivity contribution in [3.8, 4) is 0 Å². The van der Waals surface area contributed by atoms with Crippen LogP contribution in [0.4, 0.5) is 0 Å². The SMILES string of the molecule is Cn1cnnc1CCNC(=O)C[C@H](c1ccccc1)c1ccc(Cl)cc1. The lowest BCUT2D eigenvalue weighted by Crippen LogP contribution is -2.28. The van der Waals surface area contributed by atoms with Gasteiger partial charge >= 0.3 is 0 Å². The van der Waals surface area contributed by atoms with Crippen molar-refractivity contribution in [3.05, 3.63) is 82.9 Å². The molecule has 0 saturated carbocycles. The summed E-state index contributed by atoms with van der Waals surface area (Å²) in [5, 5.41) is 11.5. The lowest BCUT2D eigenvalue weighted by Gasteiger charge is -2.18. The van der Waals surface area contributed by atoms with E-state index in [0.717, 1.165) is 17.0 Å². The molecule has 1 amide bonds. The molecule has 6 heteroatoms. The van der Waals surface area contributed by atoms with Crippen molar-refractivity contribution >= 4 is 17.5 Å². The summed E-state index contributed by atoms with van der Waals surface area (Å²) in [6.45, 7) is 0.535. The predicted octanol–water partition coefficient (Wildman–Crippen LogP) is 3.35. The maximum Gasteiger partial charge on any atom is 0.220 e. The van der Waals surface area contributed by atoms with Crippen molar-refractivity contribution in [2.24, 2.45) is 7.05 Å². The molecular weight excluding hydrogens is 348 g/mol. The first-order chi connectivity index (χ1) is 12.6. The fourth-order valence-corrected chi connectivity index (χ4v) is 3.04. The number of carbonyl (C=O) groups is 1. The Morgan fingerprint density at radius 2 is 1.81 bits per heavy atom. The van der Waals surface area contributed by atoms with Crippen molar-refractivity contribution < 1.29 is 4.79 Å². The number of nitrogens with one attached hydrogen (secondary N) is 1. The zero-order valence-electron chi connectivity index (χ0n) is 14.6. The number of hydrogen-bond acceptors (Lipinski definition) is 3. The summed E-state index contributed by atoms with van der Waals surface area (Å²) in [6.07, 6.45) is 2.69. The number of benzene rings is 2. The minimum Gasteiger partial charge on any atom is -0.356 e. The van der Waals surface area contributed by atoms with Crippen LogP contribution in [0.1, 0.15) is 29.3 Å². The third-order valence-corrected chi connectivity index (χ3v) is 4.59. The van der Waals surface area contributed by atoms with Gasteiger partial charge in [-0.25, -0.2) is 0 Å². The fraction of sp³-hybridized carbons (Fsp3) is 0.250. The Hall–Kier alpha value is -2.66. The van der Waals surface area contributed by atoms with E-state index in [-0.39, 0.29) is 11.8 Å². The molecule has 3 rings (SSSR count). The van der Waals surface area contributed by atoms with Gasteiger partial charge in [-0.2, -0.15) is 0 Å². The van der Waals surface area contributed by atoms with E-state index < -0.39 is 0 Å². The van der Waals surface area contributed by atoms with Crippen LogP contribution in [0.15, 0.2) is 60.9 Å². The molecule has 0 radical (unpaired) electrons. The largest absolute Gasteiger partial charge is 0.356 e. The van der Waals surface area contributed by atoms with E-state index in [0.29, 0.717) is 24.4 Å². The van der Waals surface area contributed by atoms with Crippen LogP contribution in [0.2, 0.25) is 5.02 Å². The van der Waals surface area contributed by atoms with Crippen LogP contribution in [0.25, 0.3) is 0 Å². The normalized spacial score (nSPS) is 11.9. The Labute approximate surface area is 158 Å². The molecular formula is C20H21ClN4O. The van der Waals surface area contributed by atoms with Gasteiger partial charge in [-0.15, -0.1) is 10.2 Å². The first-order valence-electron chi connectivity index (χ1n) is 8.53. The summed E-state index contributed by atoms with van der Waals surface area (Å²) in [7, 11) is 1.89. The Balaban J connectivity index is 1.66. The van der Waals surface area contributed by atoms with Crippen LogP contribution in [0, 0.1) is 0 Å². The minimum atomic E-state index is -0.0108. The second kappa shape index (κ2) is 8.63. The first-order valence-corrected chi connectivity index (χ1v) is 8.91. The smallest absolute Gasteiger partial charge is 0.220 e. The summed E-state index contributed by atoms with van der Waals surface area (Å²) in [5.74, 6) is 0.849. The van der Waals surface area contributed by atoms with E-state index in [1.807, 2.05) is 66.2 Å². The van der Waals surface area contributed by atoms with E-state index in [1.54, 1.807) is 6.33 Å². The molecule has 0 saturated heterocycles. The number of amides is 1. The first kappa shape index (κ1) is 18.1. The number of halogens is 1. The van der Waals surface area contributed by atoms with Crippen molar-refractivity contribution in [1.82, 2.24) is 20.1 Å². The van der Waals surface area contributed by atoms with Gasteiger partial charge in [-0.05, 0) is 23.3 Å². The molecule has 3 aromatic rings. The highest BCUT2D eigenvalue weighted by Gasteiger charge is 2.18. The van der Waals surface area contributed by atoms with Gasteiger partial charge in [0.15, 0.2) is 0 Å².